The number of nitrogens with zero attached hydrogens (tertiary/aromatic N) is 2. The molecule has 0 amide bonds. The Hall–Kier alpha value is -1.61. The fourth-order valence-electron chi connectivity index (χ4n) is 3.46. The molecule has 1 N–H and O–H groups in total. The van der Waals surface area contributed by atoms with Crippen LogP contribution in [0.2, 0.25) is 0 Å². The minimum atomic E-state index is -0.00486. The van der Waals surface area contributed by atoms with Gasteiger partial charge >= 0.3 is 0 Å². The minimum Gasteiger partial charge on any atom is -0.390 e. The van der Waals surface area contributed by atoms with Crippen LogP contribution in [0.3, 0.4) is 0 Å². The van der Waals surface area contributed by atoms with E-state index in [-0.39, 0.29) is 6.61 Å². The Kier molecular flexibility index (Phi) is 4.39. The summed E-state index contributed by atoms with van der Waals surface area (Å²) in [4.78, 5) is 6.85. The van der Waals surface area contributed by atoms with Crippen molar-refractivity contribution >= 4 is 16.6 Å². The van der Waals surface area contributed by atoms with E-state index >= 15 is 0 Å². The molecule has 0 atom stereocenters. The average molecular weight is 284 g/mol. The van der Waals surface area contributed by atoms with Gasteiger partial charge in [0.15, 0.2) is 0 Å². The first-order valence-electron chi connectivity index (χ1n) is 7.98. The van der Waals surface area contributed by atoms with Gasteiger partial charge in [-0.25, -0.2) is 0 Å². The summed E-state index contributed by atoms with van der Waals surface area (Å²) in [6.45, 7) is 1.09. The second-order valence-corrected chi connectivity index (χ2v) is 6.19. The minimum absolute atomic E-state index is 0.00486. The van der Waals surface area contributed by atoms with Crippen LogP contribution in [0.25, 0.3) is 10.9 Å². The van der Waals surface area contributed by atoms with Gasteiger partial charge in [0.25, 0.3) is 0 Å². The number of hydrogen-bond acceptors (Lipinski definition) is 3. The van der Waals surface area contributed by atoms with Gasteiger partial charge in [-0.15, -0.1) is 0 Å². The van der Waals surface area contributed by atoms with E-state index in [1.54, 1.807) is 0 Å². The molecule has 1 heterocycles. The number of anilines is 1. The molecule has 3 heteroatoms. The van der Waals surface area contributed by atoms with Crippen LogP contribution in [-0.4, -0.2) is 23.7 Å². The van der Waals surface area contributed by atoms with Crippen molar-refractivity contribution in [1.29, 1.82) is 0 Å². The highest BCUT2D eigenvalue weighted by atomic mass is 16.3. The standard InChI is InChI=1S/C18H24N2O/c1-20(12-14-7-3-2-4-8-14)18-11-15(13-21)19-17-10-6-5-9-16(17)18/h5-6,9-11,14,21H,2-4,7-8,12-13H2,1H3. The lowest BCUT2D eigenvalue weighted by molar-refractivity contribution is 0.277. The van der Waals surface area contributed by atoms with Gasteiger partial charge in [0.05, 0.1) is 17.8 Å². The SMILES string of the molecule is CN(CC1CCCCC1)c1cc(CO)nc2ccccc12. The molecule has 3 nitrogen and oxygen atoms in total. The normalized spacial score (nSPS) is 16.3. The lowest BCUT2D eigenvalue weighted by Gasteiger charge is -2.29. The van der Waals surface area contributed by atoms with Gasteiger partial charge in [0, 0.05) is 24.7 Å². The molecule has 0 spiro atoms. The first kappa shape index (κ1) is 14.3. The Bertz CT molecular complexity index is 605. The van der Waals surface area contributed by atoms with Crippen molar-refractivity contribution in [3.63, 3.8) is 0 Å². The van der Waals surface area contributed by atoms with Crippen LogP contribution in [0.4, 0.5) is 5.69 Å². The number of para-hydroxylation sites is 1. The van der Waals surface area contributed by atoms with Gasteiger partial charge < -0.3 is 10.0 Å². The quantitative estimate of drug-likeness (QED) is 0.929. The molecule has 1 fully saturated rings. The Balaban J connectivity index is 1.90. The number of rotatable bonds is 4. The fraction of sp³-hybridized carbons (Fsp3) is 0.500. The van der Waals surface area contributed by atoms with Crippen molar-refractivity contribution in [2.75, 3.05) is 18.5 Å². The zero-order chi connectivity index (χ0) is 14.7. The molecule has 1 aliphatic rings. The van der Waals surface area contributed by atoms with Crippen LogP contribution in [0.15, 0.2) is 30.3 Å². The number of aliphatic hydroxyl groups excluding tert-OH is 1. The van der Waals surface area contributed by atoms with Crippen molar-refractivity contribution in [2.24, 2.45) is 5.92 Å². The van der Waals surface area contributed by atoms with E-state index in [0.717, 1.165) is 23.7 Å². The number of fused-ring (bicyclic) bond motifs is 1. The molecule has 0 bridgehead atoms. The molecule has 1 aromatic heterocycles. The first-order chi connectivity index (χ1) is 10.3. The van der Waals surface area contributed by atoms with Crippen molar-refractivity contribution < 1.29 is 5.11 Å². The lowest BCUT2D eigenvalue weighted by Crippen LogP contribution is -2.27. The second kappa shape index (κ2) is 6.44. The van der Waals surface area contributed by atoms with Gasteiger partial charge in [-0.05, 0) is 30.9 Å². The molecule has 1 aromatic carbocycles. The van der Waals surface area contributed by atoms with Gasteiger partial charge in [-0.1, -0.05) is 37.5 Å². The van der Waals surface area contributed by atoms with E-state index in [1.165, 1.54) is 43.2 Å². The molecule has 0 saturated heterocycles. The number of hydrogen-bond donors (Lipinski definition) is 1. The Labute approximate surface area is 126 Å². The van der Waals surface area contributed by atoms with Crippen molar-refractivity contribution in [1.82, 2.24) is 4.98 Å². The Morgan fingerprint density at radius 1 is 1.19 bits per heavy atom. The maximum absolute atomic E-state index is 9.44. The highest BCUT2D eigenvalue weighted by molar-refractivity contribution is 5.91. The van der Waals surface area contributed by atoms with Crippen molar-refractivity contribution in [2.45, 2.75) is 38.7 Å². The third-order valence-corrected chi connectivity index (χ3v) is 4.58. The summed E-state index contributed by atoms with van der Waals surface area (Å²) in [6, 6.07) is 10.2. The van der Waals surface area contributed by atoms with Crippen LogP contribution in [-0.2, 0) is 6.61 Å². The third-order valence-electron chi connectivity index (χ3n) is 4.58. The predicted octanol–water partition coefficient (Wildman–Crippen LogP) is 3.74. The Morgan fingerprint density at radius 3 is 2.71 bits per heavy atom. The summed E-state index contributed by atoms with van der Waals surface area (Å²) in [5.74, 6) is 0.799. The van der Waals surface area contributed by atoms with Crippen LogP contribution >= 0.6 is 0 Å². The molecule has 1 aliphatic carbocycles. The van der Waals surface area contributed by atoms with Gasteiger partial charge in [0.1, 0.15) is 0 Å². The monoisotopic (exact) mass is 284 g/mol. The summed E-state index contributed by atoms with van der Waals surface area (Å²) >= 11 is 0. The maximum atomic E-state index is 9.44. The molecule has 1 saturated carbocycles. The molecular weight excluding hydrogens is 260 g/mol. The zero-order valence-corrected chi connectivity index (χ0v) is 12.8. The van der Waals surface area contributed by atoms with E-state index in [0.29, 0.717) is 0 Å². The number of aliphatic hydroxyl groups is 1. The second-order valence-electron chi connectivity index (χ2n) is 6.19. The lowest BCUT2D eigenvalue weighted by atomic mass is 9.89. The summed E-state index contributed by atoms with van der Waals surface area (Å²) in [6.07, 6.45) is 6.84. The van der Waals surface area contributed by atoms with Gasteiger partial charge in [-0.3, -0.25) is 4.98 Å². The van der Waals surface area contributed by atoms with Gasteiger partial charge in [0.2, 0.25) is 0 Å². The number of benzene rings is 1. The zero-order valence-electron chi connectivity index (χ0n) is 12.8. The fourth-order valence-corrected chi connectivity index (χ4v) is 3.46. The van der Waals surface area contributed by atoms with E-state index in [2.05, 4.69) is 29.1 Å². The smallest absolute Gasteiger partial charge is 0.0854 e. The molecule has 0 radical (unpaired) electrons. The summed E-state index contributed by atoms with van der Waals surface area (Å²) in [5, 5.41) is 10.6. The molecule has 0 unspecified atom stereocenters. The van der Waals surface area contributed by atoms with Crippen LogP contribution in [0, 0.1) is 5.92 Å². The summed E-state index contributed by atoms with van der Waals surface area (Å²) < 4.78 is 0. The average Bonchev–Trinajstić information content (AvgIpc) is 2.54. The van der Waals surface area contributed by atoms with Crippen LogP contribution in [0.1, 0.15) is 37.8 Å². The molecule has 0 aliphatic heterocycles. The molecule has 3 rings (SSSR count). The molecule has 112 valence electrons. The summed E-state index contributed by atoms with van der Waals surface area (Å²) in [7, 11) is 2.16. The summed E-state index contributed by atoms with van der Waals surface area (Å²) in [5.41, 5.74) is 2.91. The highest BCUT2D eigenvalue weighted by Crippen LogP contribution is 2.30. The Morgan fingerprint density at radius 2 is 1.95 bits per heavy atom. The molecular formula is C18H24N2O. The maximum Gasteiger partial charge on any atom is 0.0854 e. The van der Waals surface area contributed by atoms with Crippen molar-refractivity contribution in [3.8, 4) is 0 Å². The van der Waals surface area contributed by atoms with Crippen LogP contribution < -0.4 is 4.90 Å². The molecule has 2 aromatic rings. The van der Waals surface area contributed by atoms with E-state index in [1.807, 2.05) is 18.2 Å². The van der Waals surface area contributed by atoms with E-state index < -0.39 is 0 Å². The van der Waals surface area contributed by atoms with Crippen molar-refractivity contribution in [3.05, 3.63) is 36.0 Å². The number of aromatic nitrogens is 1. The molecule has 21 heavy (non-hydrogen) atoms. The third kappa shape index (κ3) is 3.18. The predicted molar refractivity (Wildman–Crippen MR) is 87.5 cm³/mol. The largest absolute Gasteiger partial charge is 0.390 e. The number of pyridine rings is 1. The van der Waals surface area contributed by atoms with Crippen LogP contribution in [0.5, 0.6) is 0 Å². The van der Waals surface area contributed by atoms with E-state index in [9.17, 15) is 5.11 Å². The first-order valence-corrected chi connectivity index (χ1v) is 7.98. The topological polar surface area (TPSA) is 36.4 Å². The van der Waals surface area contributed by atoms with Gasteiger partial charge in [-0.2, -0.15) is 0 Å². The highest BCUT2D eigenvalue weighted by Gasteiger charge is 2.17. The van der Waals surface area contributed by atoms with E-state index in [4.69, 9.17) is 0 Å².